The predicted octanol–water partition coefficient (Wildman–Crippen LogP) is 4.01. The van der Waals surface area contributed by atoms with E-state index in [1.54, 1.807) is 25.6 Å². The Labute approximate surface area is 116 Å². The van der Waals surface area contributed by atoms with Gasteiger partial charge >= 0.3 is 0 Å². The second kappa shape index (κ2) is 5.94. The van der Waals surface area contributed by atoms with Crippen molar-refractivity contribution in [1.82, 2.24) is 4.98 Å². The summed E-state index contributed by atoms with van der Waals surface area (Å²) in [6.07, 6.45) is 3.34. The molecule has 0 atom stereocenters. The molecule has 94 valence electrons. The highest BCUT2D eigenvalue weighted by Gasteiger charge is 2.03. The molecule has 0 aliphatic carbocycles. The number of nitrogens with one attached hydrogen (secondary N) is 1. The van der Waals surface area contributed by atoms with Gasteiger partial charge in [0.05, 0.1) is 29.0 Å². The van der Waals surface area contributed by atoms with Gasteiger partial charge in [0, 0.05) is 12.7 Å². The summed E-state index contributed by atoms with van der Waals surface area (Å²) in [4.78, 5) is 4.01. The molecule has 1 aromatic heterocycles. The van der Waals surface area contributed by atoms with E-state index in [1.807, 2.05) is 18.2 Å². The molecule has 0 unspecified atom stereocenters. The molecule has 0 saturated carbocycles. The predicted molar refractivity (Wildman–Crippen MR) is 74.6 cm³/mol. The van der Waals surface area contributed by atoms with Crippen molar-refractivity contribution >= 4 is 28.9 Å². The highest BCUT2D eigenvalue weighted by molar-refractivity contribution is 6.33. The molecule has 0 amide bonds. The molecule has 0 aliphatic rings. The highest BCUT2D eigenvalue weighted by Crippen LogP contribution is 2.26. The summed E-state index contributed by atoms with van der Waals surface area (Å²) >= 11 is 12.1. The second-order valence-electron chi connectivity index (χ2n) is 3.68. The third-order valence-electron chi connectivity index (χ3n) is 2.47. The first-order chi connectivity index (χ1) is 8.70. The van der Waals surface area contributed by atoms with E-state index in [0.717, 1.165) is 11.3 Å². The third kappa shape index (κ3) is 3.06. The van der Waals surface area contributed by atoms with Gasteiger partial charge < -0.3 is 10.1 Å². The van der Waals surface area contributed by atoms with Crippen LogP contribution in [0.15, 0.2) is 36.7 Å². The fourth-order valence-corrected chi connectivity index (χ4v) is 1.98. The minimum atomic E-state index is 0.592. The Morgan fingerprint density at radius 2 is 2.06 bits per heavy atom. The fourth-order valence-electron chi connectivity index (χ4n) is 1.52. The molecule has 5 heteroatoms. The van der Waals surface area contributed by atoms with Gasteiger partial charge in [-0.05, 0) is 23.8 Å². The van der Waals surface area contributed by atoms with Crippen molar-refractivity contribution in [3.8, 4) is 5.75 Å². The summed E-state index contributed by atoms with van der Waals surface area (Å²) in [5, 5.41) is 4.43. The zero-order valence-electron chi connectivity index (χ0n) is 9.78. The molecule has 0 spiro atoms. The van der Waals surface area contributed by atoms with Crippen LogP contribution in [0.2, 0.25) is 10.0 Å². The number of ether oxygens (including phenoxy) is 1. The number of anilines is 1. The number of pyridine rings is 1. The average Bonchev–Trinajstić information content (AvgIpc) is 2.38. The molecule has 18 heavy (non-hydrogen) atoms. The average molecular weight is 283 g/mol. The summed E-state index contributed by atoms with van der Waals surface area (Å²) in [6.45, 7) is 0.620. The van der Waals surface area contributed by atoms with E-state index in [1.165, 1.54) is 0 Å². The first-order valence-corrected chi connectivity index (χ1v) is 6.12. The van der Waals surface area contributed by atoms with Crippen LogP contribution in [0.25, 0.3) is 0 Å². The lowest BCUT2D eigenvalue weighted by atomic mass is 10.2. The zero-order valence-corrected chi connectivity index (χ0v) is 11.3. The lowest BCUT2D eigenvalue weighted by molar-refractivity contribution is 0.415. The zero-order chi connectivity index (χ0) is 13.0. The van der Waals surface area contributed by atoms with Crippen molar-refractivity contribution in [2.45, 2.75) is 6.54 Å². The van der Waals surface area contributed by atoms with Gasteiger partial charge in [-0.1, -0.05) is 29.3 Å². The smallest absolute Gasteiger partial charge is 0.137 e. The van der Waals surface area contributed by atoms with Gasteiger partial charge in [-0.2, -0.15) is 0 Å². The van der Waals surface area contributed by atoms with Gasteiger partial charge in [-0.3, -0.25) is 4.98 Å². The maximum atomic E-state index is 6.05. The molecule has 0 aliphatic heterocycles. The number of hydrogen-bond donors (Lipinski definition) is 1. The number of rotatable bonds is 4. The van der Waals surface area contributed by atoms with Crippen LogP contribution in [0, 0.1) is 0 Å². The molecule has 0 fully saturated rings. The Hall–Kier alpha value is -1.45. The van der Waals surface area contributed by atoms with E-state index in [-0.39, 0.29) is 0 Å². The first-order valence-electron chi connectivity index (χ1n) is 5.36. The summed E-state index contributed by atoms with van der Waals surface area (Å²) in [5.74, 6) is 0.667. The van der Waals surface area contributed by atoms with Crippen LogP contribution < -0.4 is 10.1 Å². The number of methoxy groups -OCH3 is 1. The van der Waals surface area contributed by atoms with Crippen LogP contribution in [0.5, 0.6) is 5.75 Å². The topological polar surface area (TPSA) is 34.1 Å². The molecular formula is C13H12Cl2N2O. The van der Waals surface area contributed by atoms with E-state index in [9.17, 15) is 0 Å². The van der Waals surface area contributed by atoms with E-state index < -0.39 is 0 Å². The van der Waals surface area contributed by atoms with Gasteiger partial charge in [-0.15, -0.1) is 0 Å². The number of hydrogen-bond acceptors (Lipinski definition) is 3. The summed E-state index contributed by atoms with van der Waals surface area (Å²) < 4.78 is 5.10. The Kier molecular flexibility index (Phi) is 4.28. The van der Waals surface area contributed by atoms with Gasteiger partial charge in [0.1, 0.15) is 5.75 Å². The minimum absolute atomic E-state index is 0.592. The molecule has 0 radical (unpaired) electrons. The van der Waals surface area contributed by atoms with Gasteiger partial charge in [-0.25, -0.2) is 0 Å². The summed E-state index contributed by atoms with van der Waals surface area (Å²) in [6, 6.07) is 7.38. The van der Waals surface area contributed by atoms with Crippen molar-refractivity contribution in [2.24, 2.45) is 0 Å². The van der Waals surface area contributed by atoms with E-state index in [2.05, 4.69) is 10.3 Å². The lowest BCUT2D eigenvalue weighted by Crippen LogP contribution is -2.00. The van der Waals surface area contributed by atoms with Crippen LogP contribution in [0.4, 0.5) is 5.69 Å². The normalized spacial score (nSPS) is 10.2. The molecule has 1 heterocycles. The Balaban J connectivity index is 2.07. The van der Waals surface area contributed by atoms with Crippen molar-refractivity contribution in [1.29, 1.82) is 0 Å². The van der Waals surface area contributed by atoms with Gasteiger partial charge in [0.25, 0.3) is 0 Å². The van der Waals surface area contributed by atoms with Crippen molar-refractivity contribution in [3.63, 3.8) is 0 Å². The van der Waals surface area contributed by atoms with Crippen LogP contribution in [-0.2, 0) is 6.54 Å². The van der Waals surface area contributed by atoms with Crippen molar-refractivity contribution < 1.29 is 4.74 Å². The molecule has 0 bridgehead atoms. The van der Waals surface area contributed by atoms with Crippen LogP contribution >= 0.6 is 23.2 Å². The summed E-state index contributed by atoms with van der Waals surface area (Å²) in [5.41, 5.74) is 1.84. The lowest BCUT2D eigenvalue weighted by Gasteiger charge is -2.09. The van der Waals surface area contributed by atoms with E-state index >= 15 is 0 Å². The Bertz CT molecular complexity index is 546. The molecule has 2 rings (SSSR count). The number of aromatic nitrogens is 1. The van der Waals surface area contributed by atoms with E-state index in [4.69, 9.17) is 27.9 Å². The molecule has 3 nitrogen and oxygen atoms in total. The van der Waals surface area contributed by atoms with E-state index in [0.29, 0.717) is 22.3 Å². The SMILES string of the molecule is COc1ccc(CNc2cnccc2Cl)cc1Cl. The monoisotopic (exact) mass is 282 g/mol. The molecule has 0 saturated heterocycles. The van der Waals surface area contributed by atoms with Crippen molar-refractivity contribution in [3.05, 3.63) is 52.3 Å². The maximum absolute atomic E-state index is 6.05. The number of benzene rings is 1. The molecular weight excluding hydrogens is 271 g/mol. The quantitative estimate of drug-likeness (QED) is 0.920. The Morgan fingerprint density at radius 3 is 2.72 bits per heavy atom. The van der Waals surface area contributed by atoms with Gasteiger partial charge in [0.2, 0.25) is 0 Å². The number of halogens is 2. The fraction of sp³-hybridized carbons (Fsp3) is 0.154. The molecule has 1 N–H and O–H groups in total. The number of nitrogens with zero attached hydrogens (tertiary/aromatic N) is 1. The van der Waals surface area contributed by atoms with Crippen LogP contribution in [0.3, 0.4) is 0 Å². The maximum Gasteiger partial charge on any atom is 0.137 e. The first kappa shape index (κ1) is 13.0. The van der Waals surface area contributed by atoms with Crippen LogP contribution in [-0.4, -0.2) is 12.1 Å². The second-order valence-corrected chi connectivity index (χ2v) is 4.49. The standard InChI is InChI=1S/C13H12Cl2N2O/c1-18-13-3-2-9(6-11(13)15)7-17-12-8-16-5-4-10(12)14/h2-6,8,17H,7H2,1H3. The molecule has 2 aromatic rings. The third-order valence-corrected chi connectivity index (χ3v) is 3.09. The highest BCUT2D eigenvalue weighted by atomic mass is 35.5. The van der Waals surface area contributed by atoms with Gasteiger partial charge in [0.15, 0.2) is 0 Å². The summed E-state index contributed by atoms with van der Waals surface area (Å²) in [7, 11) is 1.59. The largest absolute Gasteiger partial charge is 0.495 e. The minimum Gasteiger partial charge on any atom is -0.495 e. The van der Waals surface area contributed by atoms with Crippen molar-refractivity contribution in [2.75, 3.05) is 12.4 Å². The van der Waals surface area contributed by atoms with Crippen LogP contribution in [0.1, 0.15) is 5.56 Å². The molecule has 1 aromatic carbocycles. The Morgan fingerprint density at radius 1 is 1.22 bits per heavy atom.